The summed E-state index contributed by atoms with van der Waals surface area (Å²) in [7, 11) is 0. The molecule has 0 radical (unpaired) electrons. The third-order valence-corrected chi connectivity index (χ3v) is 4.72. The summed E-state index contributed by atoms with van der Waals surface area (Å²) in [6, 6.07) is 7.19. The Kier molecular flexibility index (Phi) is 5.65. The van der Waals surface area contributed by atoms with Crippen LogP contribution < -0.4 is 4.74 Å². The van der Waals surface area contributed by atoms with Crippen LogP contribution in [0.5, 0.6) is 5.75 Å². The number of aryl methyl sites for hydroxylation is 2. The Morgan fingerprint density at radius 3 is 2.48 bits per heavy atom. The lowest BCUT2D eigenvalue weighted by Crippen LogP contribution is -2.48. The number of benzene rings is 1. The minimum Gasteiger partial charge on any atom is -0.491 e. The first-order valence-corrected chi connectivity index (χ1v) is 8.11. The molecule has 1 N–H and O–H groups in total. The van der Waals surface area contributed by atoms with Gasteiger partial charge in [0.1, 0.15) is 18.5 Å². The average Bonchev–Trinajstić information content (AvgIpc) is 2.44. The lowest BCUT2D eigenvalue weighted by molar-refractivity contribution is 0.0209. The number of aliphatic hydroxyl groups is 1. The highest BCUT2D eigenvalue weighted by molar-refractivity contribution is 5.33. The normalized spacial score (nSPS) is 24.8. The average molecular weight is 291 g/mol. The summed E-state index contributed by atoms with van der Waals surface area (Å²) in [5.74, 6) is 0.844. The Morgan fingerprint density at radius 2 is 1.86 bits per heavy atom. The van der Waals surface area contributed by atoms with Crippen molar-refractivity contribution in [2.45, 2.75) is 65.1 Å². The van der Waals surface area contributed by atoms with E-state index in [9.17, 15) is 5.11 Å². The fraction of sp³-hybridized carbons (Fsp3) is 0.667. The first-order chi connectivity index (χ1) is 9.97. The Bertz CT molecular complexity index is 451. The number of nitrogens with zero attached hydrogens (tertiary/aromatic N) is 1. The second-order valence-corrected chi connectivity index (χ2v) is 6.54. The van der Waals surface area contributed by atoms with Gasteiger partial charge in [0.25, 0.3) is 0 Å². The van der Waals surface area contributed by atoms with Crippen LogP contribution in [0.1, 0.15) is 44.2 Å². The summed E-state index contributed by atoms with van der Waals surface area (Å²) >= 11 is 0. The minimum absolute atomic E-state index is 0.360. The van der Waals surface area contributed by atoms with E-state index in [1.54, 1.807) is 0 Å². The third kappa shape index (κ3) is 4.45. The number of hydrogen-bond donors (Lipinski definition) is 1. The van der Waals surface area contributed by atoms with Gasteiger partial charge in [0.05, 0.1) is 0 Å². The van der Waals surface area contributed by atoms with Gasteiger partial charge in [0, 0.05) is 18.6 Å². The molecular weight excluding hydrogens is 262 g/mol. The molecule has 21 heavy (non-hydrogen) atoms. The lowest BCUT2D eigenvalue weighted by atomic mass is 9.97. The maximum Gasteiger partial charge on any atom is 0.119 e. The number of aliphatic hydroxyl groups excluding tert-OH is 1. The molecule has 1 heterocycles. The number of likely N-dealkylation sites (tertiary alicyclic amines) is 1. The van der Waals surface area contributed by atoms with Crippen molar-refractivity contribution in [3.63, 3.8) is 0 Å². The predicted molar refractivity (Wildman–Crippen MR) is 86.9 cm³/mol. The smallest absolute Gasteiger partial charge is 0.119 e. The molecule has 0 aliphatic carbocycles. The molecule has 1 aliphatic heterocycles. The summed E-state index contributed by atoms with van der Waals surface area (Å²) < 4.78 is 5.74. The standard InChI is InChI=1S/C18H29NO2/c1-13-8-9-18(10-14(13)2)21-12-17(20)11-19-15(3)6-5-7-16(19)4/h8-10,15-17,20H,5-7,11-12H2,1-4H3. The predicted octanol–water partition coefficient (Wildman–Crippen LogP) is 3.31. The van der Waals surface area contributed by atoms with E-state index < -0.39 is 6.10 Å². The molecule has 1 aromatic rings. The molecule has 1 aromatic carbocycles. The molecule has 0 aromatic heterocycles. The lowest BCUT2D eigenvalue weighted by Gasteiger charge is -2.40. The summed E-state index contributed by atoms with van der Waals surface area (Å²) in [6.45, 7) is 9.74. The second-order valence-electron chi connectivity index (χ2n) is 6.54. The number of hydrogen-bond acceptors (Lipinski definition) is 3. The fourth-order valence-electron chi connectivity index (χ4n) is 3.13. The quantitative estimate of drug-likeness (QED) is 0.903. The number of β-amino-alcohol motifs (C(OH)–C–C–N with tert-alkyl or cyclic N) is 1. The zero-order valence-electron chi connectivity index (χ0n) is 13.8. The zero-order chi connectivity index (χ0) is 15.4. The largest absolute Gasteiger partial charge is 0.491 e. The van der Waals surface area contributed by atoms with Gasteiger partial charge in [0.15, 0.2) is 0 Å². The van der Waals surface area contributed by atoms with Gasteiger partial charge >= 0.3 is 0 Å². The molecule has 1 aliphatic rings. The molecule has 3 heteroatoms. The van der Waals surface area contributed by atoms with E-state index >= 15 is 0 Å². The van der Waals surface area contributed by atoms with Gasteiger partial charge in [-0.3, -0.25) is 4.90 Å². The Hall–Kier alpha value is -1.06. The van der Waals surface area contributed by atoms with Gasteiger partial charge in [0.2, 0.25) is 0 Å². The van der Waals surface area contributed by atoms with Crippen LogP contribution in [0.2, 0.25) is 0 Å². The molecule has 118 valence electrons. The van der Waals surface area contributed by atoms with Crippen LogP contribution in [0.3, 0.4) is 0 Å². The van der Waals surface area contributed by atoms with Crippen molar-refractivity contribution in [3.8, 4) is 5.75 Å². The Labute approximate surface area is 128 Å². The van der Waals surface area contributed by atoms with Crippen molar-refractivity contribution in [2.75, 3.05) is 13.2 Å². The number of rotatable bonds is 5. The summed E-state index contributed by atoms with van der Waals surface area (Å²) in [4.78, 5) is 2.41. The monoisotopic (exact) mass is 291 g/mol. The van der Waals surface area contributed by atoms with E-state index in [1.165, 1.54) is 30.4 Å². The van der Waals surface area contributed by atoms with Crippen molar-refractivity contribution < 1.29 is 9.84 Å². The summed E-state index contributed by atoms with van der Waals surface area (Å²) in [5.41, 5.74) is 2.49. The first-order valence-electron chi connectivity index (χ1n) is 8.11. The van der Waals surface area contributed by atoms with E-state index in [1.807, 2.05) is 12.1 Å². The van der Waals surface area contributed by atoms with Gasteiger partial charge in [-0.25, -0.2) is 0 Å². The molecule has 0 saturated carbocycles. The van der Waals surface area contributed by atoms with Crippen molar-refractivity contribution in [1.82, 2.24) is 4.90 Å². The number of piperidine rings is 1. The highest BCUT2D eigenvalue weighted by atomic mass is 16.5. The van der Waals surface area contributed by atoms with Crippen molar-refractivity contribution >= 4 is 0 Å². The van der Waals surface area contributed by atoms with Crippen LogP contribution in [-0.4, -0.2) is 41.3 Å². The van der Waals surface area contributed by atoms with E-state index in [0.29, 0.717) is 25.2 Å². The van der Waals surface area contributed by atoms with Gasteiger partial charge in [-0.2, -0.15) is 0 Å². The molecule has 3 atom stereocenters. The summed E-state index contributed by atoms with van der Waals surface area (Å²) in [5, 5.41) is 10.3. The van der Waals surface area contributed by atoms with E-state index in [4.69, 9.17) is 4.74 Å². The maximum absolute atomic E-state index is 10.3. The SMILES string of the molecule is Cc1ccc(OCC(O)CN2C(C)CCCC2C)cc1C. The van der Waals surface area contributed by atoms with Gasteiger partial charge in [-0.05, 0) is 63.8 Å². The molecule has 0 spiro atoms. The molecule has 3 unspecified atom stereocenters. The molecule has 3 nitrogen and oxygen atoms in total. The maximum atomic E-state index is 10.3. The van der Waals surface area contributed by atoms with E-state index in [2.05, 4.69) is 38.7 Å². The topological polar surface area (TPSA) is 32.7 Å². The van der Waals surface area contributed by atoms with E-state index in [-0.39, 0.29) is 0 Å². The van der Waals surface area contributed by atoms with Gasteiger partial charge in [-0.1, -0.05) is 12.5 Å². The molecule has 2 rings (SSSR count). The Morgan fingerprint density at radius 1 is 1.19 bits per heavy atom. The van der Waals surface area contributed by atoms with Crippen LogP contribution >= 0.6 is 0 Å². The van der Waals surface area contributed by atoms with Crippen LogP contribution in [-0.2, 0) is 0 Å². The van der Waals surface area contributed by atoms with E-state index in [0.717, 1.165) is 5.75 Å². The first kappa shape index (κ1) is 16.3. The van der Waals surface area contributed by atoms with Crippen molar-refractivity contribution in [2.24, 2.45) is 0 Å². The van der Waals surface area contributed by atoms with Crippen LogP contribution in [0.4, 0.5) is 0 Å². The highest BCUT2D eigenvalue weighted by Crippen LogP contribution is 2.23. The molecular formula is C18H29NO2. The molecule has 1 fully saturated rings. The second kappa shape index (κ2) is 7.28. The molecule has 1 saturated heterocycles. The zero-order valence-corrected chi connectivity index (χ0v) is 13.8. The number of ether oxygens (including phenoxy) is 1. The van der Waals surface area contributed by atoms with Crippen molar-refractivity contribution in [3.05, 3.63) is 29.3 Å². The van der Waals surface area contributed by atoms with Gasteiger partial charge < -0.3 is 9.84 Å². The van der Waals surface area contributed by atoms with Crippen LogP contribution in [0, 0.1) is 13.8 Å². The van der Waals surface area contributed by atoms with Crippen LogP contribution in [0.25, 0.3) is 0 Å². The van der Waals surface area contributed by atoms with Gasteiger partial charge in [-0.15, -0.1) is 0 Å². The highest BCUT2D eigenvalue weighted by Gasteiger charge is 2.26. The van der Waals surface area contributed by atoms with Crippen molar-refractivity contribution in [1.29, 1.82) is 0 Å². The molecule has 0 bridgehead atoms. The minimum atomic E-state index is -0.436. The van der Waals surface area contributed by atoms with Crippen LogP contribution in [0.15, 0.2) is 18.2 Å². The Balaban J connectivity index is 1.83. The third-order valence-electron chi connectivity index (χ3n) is 4.72. The fourth-order valence-corrected chi connectivity index (χ4v) is 3.13. The summed E-state index contributed by atoms with van der Waals surface area (Å²) in [6.07, 6.45) is 3.33. The molecule has 0 amide bonds.